The summed E-state index contributed by atoms with van der Waals surface area (Å²) < 4.78 is 48.9. The second-order valence-corrected chi connectivity index (χ2v) is 7.09. The fraction of sp³-hybridized carbons (Fsp3) is 0.381. The number of nitrogens with one attached hydrogen (secondary N) is 1. The Balaban J connectivity index is 1.26. The Kier molecular flexibility index (Phi) is 4.91. The zero-order valence-electron chi connectivity index (χ0n) is 15.1. The lowest BCUT2D eigenvalue weighted by atomic mass is 10.1. The minimum absolute atomic E-state index is 0.00317. The van der Waals surface area contributed by atoms with Crippen molar-refractivity contribution in [2.45, 2.75) is 24.9 Å². The van der Waals surface area contributed by atoms with Gasteiger partial charge in [0, 0.05) is 12.5 Å². The molecule has 1 fully saturated rings. The van der Waals surface area contributed by atoms with Crippen molar-refractivity contribution in [1.29, 1.82) is 0 Å². The molecule has 2 aliphatic rings. The van der Waals surface area contributed by atoms with Gasteiger partial charge in [0.2, 0.25) is 5.91 Å². The first kappa shape index (κ1) is 18.7. The second kappa shape index (κ2) is 7.37. The molecule has 1 heterocycles. The summed E-state index contributed by atoms with van der Waals surface area (Å²) in [6, 6.07) is 10.8. The third-order valence-corrected chi connectivity index (χ3v) is 5.11. The van der Waals surface area contributed by atoms with Gasteiger partial charge in [0.25, 0.3) is 0 Å². The molecule has 0 radical (unpaired) electrons. The van der Waals surface area contributed by atoms with Gasteiger partial charge in [-0.2, -0.15) is 13.2 Å². The normalized spacial score (nSPS) is 20.5. The van der Waals surface area contributed by atoms with Crippen LogP contribution in [-0.2, 0) is 17.4 Å². The van der Waals surface area contributed by atoms with Gasteiger partial charge in [-0.1, -0.05) is 18.2 Å². The van der Waals surface area contributed by atoms with E-state index in [0.717, 1.165) is 34.8 Å². The zero-order chi connectivity index (χ0) is 19.7. The highest BCUT2D eigenvalue weighted by molar-refractivity contribution is 5.82. The molecule has 2 atom stereocenters. The first-order chi connectivity index (χ1) is 13.4. The third kappa shape index (κ3) is 4.08. The van der Waals surface area contributed by atoms with Crippen molar-refractivity contribution in [3.05, 3.63) is 59.2 Å². The lowest BCUT2D eigenvalue weighted by Gasteiger charge is -2.18. The van der Waals surface area contributed by atoms with Crippen LogP contribution in [0.4, 0.5) is 13.2 Å². The number of ether oxygens (including phenoxy) is 2. The molecular formula is C21H20F3NO3. The highest BCUT2D eigenvalue weighted by atomic mass is 19.4. The molecule has 2 aromatic carbocycles. The van der Waals surface area contributed by atoms with Crippen molar-refractivity contribution < 1.29 is 27.4 Å². The van der Waals surface area contributed by atoms with Gasteiger partial charge in [0.15, 0.2) is 11.5 Å². The Hall–Kier alpha value is -2.70. The highest BCUT2D eigenvalue weighted by Crippen LogP contribution is 2.48. The Morgan fingerprint density at radius 3 is 2.46 bits per heavy atom. The number of amides is 1. The van der Waals surface area contributed by atoms with Crippen LogP contribution < -0.4 is 14.8 Å². The quantitative estimate of drug-likeness (QED) is 0.840. The molecule has 1 aliphatic carbocycles. The van der Waals surface area contributed by atoms with Crippen LogP contribution in [0.1, 0.15) is 29.0 Å². The number of hydrogen-bond donors (Lipinski definition) is 1. The first-order valence-corrected chi connectivity index (χ1v) is 9.25. The molecule has 0 bridgehead atoms. The molecule has 2 aromatic rings. The average Bonchev–Trinajstić information content (AvgIpc) is 3.48. The van der Waals surface area contributed by atoms with Crippen molar-refractivity contribution in [1.82, 2.24) is 5.32 Å². The summed E-state index contributed by atoms with van der Waals surface area (Å²) in [5, 5.41) is 2.92. The van der Waals surface area contributed by atoms with E-state index in [1.54, 1.807) is 0 Å². The maximum Gasteiger partial charge on any atom is 0.416 e. The number of benzene rings is 2. The number of fused-ring (bicyclic) bond motifs is 1. The van der Waals surface area contributed by atoms with Crippen LogP contribution in [0.3, 0.4) is 0 Å². The maximum atomic E-state index is 12.6. The molecule has 1 saturated carbocycles. The largest absolute Gasteiger partial charge is 0.486 e. The molecule has 7 heteroatoms. The van der Waals surface area contributed by atoms with E-state index >= 15 is 0 Å². The van der Waals surface area contributed by atoms with Gasteiger partial charge in [-0.05, 0) is 54.2 Å². The Morgan fingerprint density at radius 2 is 1.75 bits per heavy atom. The van der Waals surface area contributed by atoms with Crippen LogP contribution in [0.5, 0.6) is 11.5 Å². The van der Waals surface area contributed by atoms with E-state index in [0.29, 0.717) is 32.6 Å². The summed E-state index contributed by atoms with van der Waals surface area (Å²) in [6.45, 7) is 1.57. The van der Waals surface area contributed by atoms with E-state index in [-0.39, 0.29) is 17.7 Å². The monoisotopic (exact) mass is 391 g/mol. The maximum absolute atomic E-state index is 12.6. The minimum Gasteiger partial charge on any atom is -0.486 e. The summed E-state index contributed by atoms with van der Waals surface area (Å²) in [5.41, 5.74) is 1.15. The average molecular weight is 391 g/mol. The second-order valence-electron chi connectivity index (χ2n) is 7.09. The van der Waals surface area contributed by atoms with Gasteiger partial charge in [-0.3, -0.25) is 4.79 Å². The van der Waals surface area contributed by atoms with E-state index in [1.165, 1.54) is 12.1 Å². The molecule has 1 amide bonds. The molecule has 28 heavy (non-hydrogen) atoms. The summed E-state index contributed by atoms with van der Waals surface area (Å²) in [7, 11) is 0. The number of hydrogen-bond acceptors (Lipinski definition) is 3. The van der Waals surface area contributed by atoms with Crippen LogP contribution in [0.2, 0.25) is 0 Å². The number of rotatable bonds is 5. The summed E-state index contributed by atoms with van der Waals surface area (Å²) >= 11 is 0. The number of carbonyl (C=O) groups is 1. The molecule has 1 aliphatic heterocycles. The van der Waals surface area contributed by atoms with E-state index in [4.69, 9.17) is 9.47 Å². The molecule has 0 aromatic heterocycles. The molecule has 0 spiro atoms. The predicted octanol–water partition coefficient (Wildman–Crippen LogP) is 3.94. The Labute approximate surface area is 160 Å². The SMILES string of the molecule is O=C(NCCc1ccc2c(c1)OCCO2)[C@H]1C[C@H]1c1ccc(C(F)(F)F)cc1. The van der Waals surface area contributed by atoms with Crippen molar-refractivity contribution in [3.63, 3.8) is 0 Å². The van der Waals surface area contributed by atoms with Crippen LogP contribution in [0, 0.1) is 5.92 Å². The van der Waals surface area contributed by atoms with Crippen molar-refractivity contribution >= 4 is 5.91 Å². The molecular weight excluding hydrogens is 371 g/mol. The van der Waals surface area contributed by atoms with E-state index in [1.807, 2.05) is 18.2 Å². The summed E-state index contributed by atoms with van der Waals surface area (Å²) in [5.74, 6) is 1.23. The van der Waals surface area contributed by atoms with E-state index in [2.05, 4.69) is 5.32 Å². The lowest BCUT2D eigenvalue weighted by Crippen LogP contribution is -2.27. The predicted molar refractivity (Wildman–Crippen MR) is 96.4 cm³/mol. The van der Waals surface area contributed by atoms with Gasteiger partial charge in [-0.25, -0.2) is 0 Å². The fourth-order valence-electron chi connectivity index (χ4n) is 3.48. The standard InChI is InChI=1S/C21H20F3NO3/c22-21(23,24)15-4-2-14(3-5-15)16-12-17(16)20(26)25-8-7-13-1-6-18-19(11-13)28-10-9-27-18/h1-6,11,16-17H,7-10,12H2,(H,25,26)/t16-,17-/m0/s1. The van der Waals surface area contributed by atoms with Crippen LogP contribution in [-0.4, -0.2) is 25.7 Å². The van der Waals surface area contributed by atoms with Gasteiger partial charge in [0.1, 0.15) is 13.2 Å². The molecule has 4 nitrogen and oxygen atoms in total. The fourth-order valence-corrected chi connectivity index (χ4v) is 3.48. The first-order valence-electron chi connectivity index (χ1n) is 9.25. The third-order valence-electron chi connectivity index (χ3n) is 5.11. The topological polar surface area (TPSA) is 47.6 Å². The lowest BCUT2D eigenvalue weighted by molar-refractivity contribution is -0.137. The van der Waals surface area contributed by atoms with Crippen molar-refractivity contribution in [3.8, 4) is 11.5 Å². The van der Waals surface area contributed by atoms with Crippen LogP contribution in [0.15, 0.2) is 42.5 Å². The smallest absolute Gasteiger partial charge is 0.416 e. The molecule has 0 saturated heterocycles. The Bertz CT molecular complexity index is 864. The molecule has 0 unspecified atom stereocenters. The summed E-state index contributed by atoms with van der Waals surface area (Å²) in [6.07, 6.45) is -3.01. The van der Waals surface area contributed by atoms with Crippen LogP contribution >= 0.6 is 0 Å². The van der Waals surface area contributed by atoms with Crippen molar-refractivity contribution in [2.24, 2.45) is 5.92 Å². The van der Waals surface area contributed by atoms with Gasteiger partial charge in [-0.15, -0.1) is 0 Å². The molecule has 148 valence electrons. The zero-order valence-corrected chi connectivity index (χ0v) is 15.1. The minimum atomic E-state index is -4.34. The van der Waals surface area contributed by atoms with Crippen LogP contribution in [0.25, 0.3) is 0 Å². The number of carbonyl (C=O) groups excluding carboxylic acids is 1. The highest BCUT2D eigenvalue weighted by Gasteiger charge is 2.44. The van der Waals surface area contributed by atoms with Crippen molar-refractivity contribution in [2.75, 3.05) is 19.8 Å². The summed E-state index contributed by atoms with van der Waals surface area (Å²) in [4.78, 5) is 12.3. The number of alkyl halides is 3. The Morgan fingerprint density at radius 1 is 1.04 bits per heavy atom. The van der Waals surface area contributed by atoms with E-state index < -0.39 is 11.7 Å². The van der Waals surface area contributed by atoms with Gasteiger partial charge in [0.05, 0.1) is 5.56 Å². The molecule has 4 rings (SSSR count). The number of halogens is 3. The van der Waals surface area contributed by atoms with Gasteiger partial charge < -0.3 is 14.8 Å². The molecule has 1 N–H and O–H groups in total. The van der Waals surface area contributed by atoms with E-state index in [9.17, 15) is 18.0 Å². The van der Waals surface area contributed by atoms with Gasteiger partial charge >= 0.3 is 6.18 Å².